The number of hydrogen-bond acceptors (Lipinski definition) is 2. The number of nitrogens with zero attached hydrogens (tertiary/aromatic N) is 1. The van der Waals surface area contributed by atoms with E-state index < -0.39 is 0 Å². The predicted molar refractivity (Wildman–Crippen MR) is 75.0 cm³/mol. The molecule has 0 aliphatic carbocycles. The van der Waals surface area contributed by atoms with Gasteiger partial charge in [0.05, 0.1) is 0 Å². The second-order valence-electron chi connectivity index (χ2n) is 5.19. The van der Waals surface area contributed by atoms with Gasteiger partial charge in [-0.05, 0) is 58.5 Å². The first kappa shape index (κ1) is 16.5. The third-order valence-corrected chi connectivity index (χ3v) is 3.89. The van der Waals surface area contributed by atoms with Gasteiger partial charge in [0, 0.05) is 18.6 Å². The van der Waals surface area contributed by atoms with Crippen LogP contribution in [-0.4, -0.2) is 36.6 Å². The van der Waals surface area contributed by atoms with Crippen molar-refractivity contribution in [3.63, 3.8) is 0 Å². The molecule has 2 aliphatic rings. The van der Waals surface area contributed by atoms with Crippen LogP contribution >= 0.6 is 24.8 Å². The van der Waals surface area contributed by atoms with E-state index in [-0.39, 0.29) is 24.8 Å². The lowest BCUT2D eigenvalue weighted by Crippen LogP contribution is -2.45. The fourth-order valence-electron chi connectivity index (χ4n) is 2.95. The molecular formula is C12H26Cl2N2. The molecular weight excluding hydrogens is 243 g/mol. The number of piperidine rings is 1. The van der Waals surface area contributed by atoms with Crippen LogP contribution < -0.4 is 5.32 Å². The van der Waals surface area contributed by atoms with Gasteiger partial charge in [-0.3, -0.25) is 0 Å². The van der Waals surface area contributed by atoms with E-state index in [2.05, 4.69) is 24.1 Å². The highest BCUT2D eigenvalue weighted by Crippen LogP contribution is 2.25. The van der Waals surface area contributed by atoms with Gasteiger partial charge >= 0.3 is 0 Å². The number of likely N-dealkylation sites (tertiary alicyclic amines) is 1. The Hall–Kier alpha value is 0.500. The van der Waals surface area contributed by atoms with E-state index in [1.54, 1.807) is 0 Å². The maximum absolute atomic E-state index is 3.66. The minimum Gasteiger partial charge on any atom is -0.314 e. The fourth-order valence-corrected chi connectivity index (χ4v) is 2.95. The summed E-state index contributed by atoms with van der Waals surface area (Å²) in [6, 6.07) is 1.57. The van der Waals surface area contributed by atoms with Crippen molar-refractivity contribution in [2.45, 2.75) is 51.6 Å². The number of rotatable bonds is 2. The minimum atomic E-state index is 0. The first-order valence-electron chi connectivity index (χ1n) is 6.25. The average Bonchev–Trinajstić information content (AvgIpc) is 2.71. The van der Waals surface area contributed by atoms with Gasteiger partial charge in [0.1, 0.15) is 0 Å². The highest BCUT2D eigenvalue weighted by Gasteiger charge is 2.29. The smallest absolute Gasteiger partial charge is 0.0108 e. The standard InChI is InChI=1S/C12H24N2.2ClH/c1-10(2)14-8-4-5-11(9-14)12-6-3-7-13-12;;/h10-13H,3-9H2,1-2H3;2*1H. The summed E-state index contributed by atoms with van der Waals surface area (Å²) in [6.45, 7) is 8.55. The molecule has 0 aromatic carbocycles. The van der Waals surface area contributed by atoms with Gasteiger partial charge in [0.25, 0.3) is 0 Å². The maximum Gasteiger partial charge on any atom is 0.0108 e. The summed E-state index contributed by atoms with van der Waals surface area (Å²) >= 11 is 0. The molecule has 0 amide bonds. The van der Waals surface area contributed by atoms with Crippen molar-refractivity contribution >= 4 is 24.8 Å². The Kier molecular flexibility index (Phi) is 8.00. The Morgan fingerprint density at radius 3 is 2.44 bits per heavy atom. The number of nitrogens with one attached hydrogen (secondary N) is 1. The summed E-state index contributed by atoms with van der Waals surface area (Å²) in [5, 5.41) is 3.66. The van der Waals surface area contributed by atoms with E-state index in [0.29, 0.717) is 0 Å². The molecule has 2 nitrogen and oxygen atoms in total. The van der Waals surface area contributed by atoms with Gasteiger partial charge in [-0.1, -0.05) is 0 Å². The second-order valence-corrected chi connectivity index (χ2v) is 5.19. The van der Waals surface area contributed by atoms with Crippen molar-refractivity contribution in [2.75, 3.05) is 19.6 Å². The Morgan fingerprint density at radius 1 is 1.12 bits per heavy atom. The molecule has 2 fully saturated rings. The molecule has 98 valence electrons. The molecule has 2 unspecified atom stereocenters. The lowest BCUT2D eigenvalue weighted by molar-refractivity contribution is 0.122. The predicted octanol–water partition coefficient (Wildman–Crippen LogP) is 2.70. The summed E-state index contributed by atoms with van der Waals surface area (Å²) in [6.07, 6.45) is 5.65. The van der Waals surface area contributed by atoms with E-state index in [9.17, 15) is 0 Å². The van der Waals surface area contributed by atoms with E-state index >= 15 is 0 Å². The molecule has 1 N–H and O–H groups in total. The molecule has 2 aliphatic heterocycles. The molecule has 2 heterocycles. The Bertz CT molecular complexity index is 182. The molecule has 16 heavy (non-hydrogen) atoms. The molecule has 2 saturated heterocycles. The third-order valence-electron chi connectivity index (χ3n) is 3.89. The molecule has 0 aromatic heterocycles. The van der Waals surface area contributed by atoms with Crippen molar-refractivity contribution in [2.24, 2.45) is 5.92 Å². The zero-order chi connectivity index (χ0) is 9.97. The Labute approximate surface area is 112 Å². The summed E-state index contributed by atoms with van der Waals surface area (Å²) < 4.78 is 0. The van der Waals surface area contributed by atoms with E-state index in [1.807, 2.05) is 0 Å². The van der Waals surface area contributed by atoms with Crippen LogP contribution in [0, 0.1) is 5.92 Å². The molecule has 2 rings (SSSR count). The summed E-state index contributed by atoms with van der Waals surface area (Å²) in [5.41, 5.74) is 0. The van der Waals surface area contributed by atoms with Crippen molar-refractivity contribution in [1.82, 2.24) is 10.2 Å². The van der Waals surface area contributed by atoms with Crippen LogP contribution in [0.25, 0.3) is 0 Å². The monoisotopic (exact) mass is 268 g/mol. The quantitative estimate of drug-likeness (QED) is 0.829. The maximum atomic E-state index is 3.66. The summed E-state index contributed by atoms with van der Waals surface area (Å²) in [7, 11) is 0. The van der Waals surface area contributed by atoms with E-state index in [4.69, 9.17) is 0 Å². The van der Waals surface area contributed by atoms with Gasteiger partial charge in [-0.15, -0.1) is 24.8 Å². The molecule has 0 spiro atoms. The van der Waals surface area contributed by atoms with E-state index in [1.165, 1.54) is 45.3 Å². The van der Waals surface area contributed by atoms with Crippen molar-refractivity contribution < 1.29 is 0 Å². The summed E-state index contributed by atoms with van der Waals surface area (Å²) in [5.74, 6) is 0.925. The van der Waals surface area contributed by atoms with Crippen LogP contribution in [0.15, 0.2) is 0 Å². The highest BCUT2D eigenvalue weighted by atomic mass is 35.5. The number of hydrogen-bond donors (Lipinski definition) is 1. The Balaban J connectivity index is 0.00000112. The van der Waals surface area contributed by atoms with Crippen LogP contribution in [0.4, 0.5) is 0 Å². The van der Waals surface area contributed by atoms with Gasteiger partial charge in [-0.2, -0.15) is 0 Å². The molecule has 0 bridgehead atoms. The second kappa shape index (κ2) is 7.75. The average molecular weight is 269 g/mol. The zero-order valence-electron chi connectivity index (χ0n) is 10.4. The molecule has 0 aromatic rings. The normalized spacial score (nSPS) is 30.9. The third kappa shape index (κ3) is 4.06. The molecule has 0 saturated carbocycles. The van der Waals surface area contributed by atoms with Crippen LogP contribution in [0.1, 0.15) is 39.5 Å². The van der Waals surface area contributed by atoms with Crippen LogP contribution in [0.3, 0.4) is 0 Å². The van der Waals surface area contributed by atoms with Crippen LogP contribution in [-0.2, 0) is 0 Å². The van der Waals surface area contributed by atoms with Gasteiger partial charge in [-0.25, -0.2) is 0 Å². The fraction of sp³-hybridized carbons (Fsp3) is 1.00. The van der Waals surface area contributed by atoms with Gasteiger partial charge < -0.3 is 10.2 Å². The van der Waals surface area contributed by atoms with Crippen LogP contribution in [0.5, 0.6) is 0 Å². The van der Waals surface area contributed by atoms with E-state index in [0.717, 1.165) is 18.0 Å². The van der Waals surface area contributed by atoms with Crippen LogP contribution in [0.2, 0.25) is 0 Å². The van der Waals surface area contributed by atoms with Gasteiger partial charge in [0.2, 0.25) is 0 Å². The molecule has 0 radical (unpaired) electrons. The zero-order valence-corrected chi connectivity index (χ0v) is 12.1. The Morgan fingerprint density at radius 2 is 1.88 bits per heavy atom. The summed E-state index contributed by atoms with van der Waals surface area (Å²) in [4.78, 5) is 2.65. The lowest BCUT2D eigenvalue weighted by Gasteiger charge is -2.38. The molecule has 2 atom stereocenters. The topological polar surface area (TPSA) is 15.3 Å². The first-order chi connectivity index (χ1) is 6.77. The van der Waals surface area contributed by atoms with Gasteiger partial charge in [0.15, 0.2) is 0 Å². The van der Waals surface area contributed by atoms with Crippen molar-refractivity contribution in [3.8, 4) is 0 Å². The SMILES string of the molecule is CC(C)N1CCCC(C2CCCN2)C1.Cl.Cl. The minimum absolute atomic E-state index is 0. The molecule has 4 heteroatoms. The lowest BCUT2D eigenvalue weighted by atomic mass is 9.89. The largest absolute Gasteiger partial charge is 0.314 e. The number of halogens is 2. The van der Waals surface area contributed by atoms with Crippen molar-refractivity contribution in [3.05, 3.63) is 0 Å². The van der Waals surface area contributed by atoms with Crippen molar-refractivity contribution in [1.29, 1.82) is 0 Å². The highest BCUT2D eigenvalue weighted by molar-refractivity contribution is 5.85. The first-order valence-corrected chi connectivity index (χ1v) is 6.25.